The number of amidine groups is 1. The van der Waals surface area contributed by atoms with Gasteiger partial charge in [0.2, 0.25) is 5.96 Å². The van der Waals surface area contributed by atoms with Gasteiger partial charge in [-0.3, -0.25) is 20.7 Å². The molecule has 0 saturated carbocycles. The highest BCUT2D eigenvalue weighted by Gasteiger charge is 2.30. The number of carbonyl (C=O) groups excluding carboxylic acids is 1. The second kappa shape index (κ2) is 15.9. The van der Waals surface area contributed by atoms with Crippen LogP contribution in [0.4, 0.5) is 10.5 Å². The highest BCUT2D eigenvalue weighted by Crippen LogP contribution is 2.38. The first kappa shape index (κ1) is 35.2. The predicted molar refractivity (Wildman–Crippen MR) is 190 cm³/mol. The topological polar surface area (TPSA) is 174 Å². The van der Waals surface area contributed by atoms with E-state index in [-0.39, 0.29) is 42.1 Å². The molecule has 0 bridgehead atoms. The molecule has 12 nitrogen and oxygen atoms in total. The number of urea groups is 1. The molecule has 1 saturated heterocycles. The lowest BCUT2D eigenvalue weighted by Gasteiger charge is -2.33. The Hall–Kier alpha value is -5.10. The molecule has 49 heavy (non-hydrogen) atoms. The maximum atomic E-state index is 13.5. The Balaban J connectivity index is 1.32. The Morgan fingerprint density at radius 3 is 2.53 bits per heavy atom. The van der Waals surface area contributed by atoms with Gasteiger partial charge >= 0.3 is 6.03 Å². The third-order valence-corrected chi connectivity index (χ3v) is 8.65. The first-order valence-electron chi connectivity index (χ1n) is 16.9. The number of aliphatic hydroxyl groups is 1. The maximum Gasteiger partial charge on any atom is 0.320 e. The minimum atomic E-state index is -0.424. The Morgan fingerprint density at radius 2 is 1.80 bits per heavy atom. The van der Waals surface area contributed by atoms with E-state index in [1.807, 2.05) is 49.9 Å². The third kappa shape index (κ3) is 9.29. The number of piperidine rings is 1. The molecule has 1 aliphatic heterocycles. The molecule has 2 aromatic carbocycles. The molecule has 3 aromatic rings. The van der Waals surface area contributed by atoms with Crippen LogP contribution in [0.15, 0.2) is 83.6 Å². The Labute approximate surface area is 287 Å². The number of nitrogens with zero attached hydrogens (tertiary/aromatic N) is 3. The van der Waals surface area contributed by atoms with Crippen molar-refractivity contribution in [2.24, 2.45) is 16.1 Å². The van der Waals surface area contributed by atoms with Gasteiger partial charge in [-0.2, -0.15) is 0 Å². The SMILES string of the molecule is CC(C)(C)/C(N)=C/C(=Nc1cccc(OCCO)c1)NC(=O)N[C@H]1CC[C@@H](Oc2ccc(=N)n(C(=N)N3CCCCC3)c2)c2ccccc21. The van der Waals surface area contributed by atoms with E-state index >= 15 is 0 Å². The summed E-state index contributed by atoms with van der Waals surface area (Å²) in [7, 11) is 0. The van der Waals surface area contributed by atoms with Gasteiger partial charge in [0.1, 0.15) is 35.5 Å². The molecule has 0 spiro atoms. The Bertz CT molecular complexity index is 1750. The van der Waals surface area contributed by atoms with Crippen molar-refractivity contribution in [2.45, 2.75) is 65.0 Å². The average molecular weight is 669 g/mol. The zero-order valence-electron chi connectivity index (χ0n) is 28.5. The number of aliphatic imine (C=N–C) groups is 1. The smallest absolute Gasteiger partial charge is 0.320 e. The van der Waals surface area contributed by atoms with Crippen LogP contribution in [-0.2, 0) is 0 Å². The van der Waals surface area contributed by atoms with Crippen LogP contribution in [0.5, 0.6) is 11.5 Å². The molecular weight excluding hydrogens is 620 g/mol. The molecule has 5 rings (SSSR count). The largest absolute Gasteiger partial charge is 0.491 e. The second-order valence-corrected chi connectivity index (χ2v) is 13.4. The van der Waals surface area contributed by atoms with Crippen molar-refractivity contribution >= 4 is 23.5 Å². The number of ether oxygens (including phenoxy) is 2. The van der Waals surface area contributed by atoms with Crippen LogP contribution in [0, 0.1) is 16.2 Å². The van der Waals surface area contributed by atoms with E-state index in [2.05, 4.69) is 15.6 Å². The number of hydrogen-bond donors (Lipinski definition) is 6. The number of amides is 2. The molecular formula is C37H48N8O4. The van der Waals surface area contributed by atoms with Gasteiger partial charge in [-0.15, -0.1) is 0 Å². The minimum absolute atomic E-state index is 0.105. The van der Waals surface area contributed by atoms with E-state index in [9.17, 15) is 4.79 Å². The van der Waals surface area contributed by atoms with Crippen molar-refractivity contribution in [3.8, 4) is 11.5 Å². The summed E-state index contributed by atoms with van der Waals surface area (Å²) in [6.45, 7) is 7.63. The van der Waals surface area contributed by atoms with Crippen molar-refractivity contribution in [1.29, 1.82) is 10.8 Å². The van der Waals surface area contributed by atoms with Gasteiger partial charge in [0.15, 0.2) is 0 Å². The van der Waals surface area contributed by atoms with E-state index in [0.717, 1.165) is 37.1 Å². The third-order valence-electron chi connectivity index (χ3n) is 8.65. The number of likely N-dealkylation sites (tertiary alicyclic amines) is 1. The van der Waals surface area contributed by atoms with Gasteiger partial charge in [-0.05, 0) is 67.5 Å². The van der Waals surface area contributed by atoms with Gasteiger partial charge in [0.25, 0.3) is 0 Å². The van der Waals surface area contributed by atoms with Gasteiger partial charge in [-0.25, -0.2) is 9.79 Å². The molecule has 7 N–H and O–H groups in total. The van der Waals surface area contributed by atoms with Crippen molar-refractivity contribution < 1.29 is 19.4 Å². The van der Waals surface area contributed by atoms with Crippen LogP contribution in [0.25, 0.3) is 0 Å². The van der Waals surface area contributed by atoms with E-state index in [0.29, 0.717) is 41.7 Å². The molecule has 12 heteroatoms. The molecule has 2 amide bonds. The number of fused-ring (bicyclic) bond motifs is 1. The number of nitrogens with one attached hydrogen (secondary N) is 4. The summed E-state index contributed by atoms with van der Waals surface area (Å²) < 4.78 is 13.6. The zero-order chi connectivity index (χ0) is 35.0. The van der Waals surface area contributed by atoms with Crippen LogP contribution < -0.4 is 31.3 Å². The van der Waals surface area contributed by atoms with Gasteiger partial charge in [-0.1, -0.05) is 51.1 Å². The number of aromatic nitrogens is 1. The number of aliphatic hydroxyl groups excluding tert-OH is 1. The molecule has 1 aromatic heterocycles. The number of hydrogen-bond acceptors (Lipinski definition) is 8. The summed E-state index contributed by atoms with van der Waals surface area (Å²) in [6.07, 6.45) is 7.66. The first-order chi connectivity index (χ1) is 23.5. The lowest BCUT2D eigenvalue weighted by atomic mass is 9.85. The molecule has 2 atom stereocenters. The number of nitrogens with two attached hydrogens (primary N) is 1. The molecule has 2 aliphatic rings. The van der Waals surface area contributed by atoms with Gasteiger partial charge < -0.3 is 30.5 Å². The lowest BCUT2D eigenvalue weighted by Crippen LogP contribution is -2.43. The zero-order valence-corrected chi connectivity index (χ0v) is 28.5. The number of carbonyl (C=O) groups is 1. The van der Waals surface area contributed by atoms with E-state index in [4.69, 9.17) is 31.1 Å². The normalized spacial score (nSPS) is 18.3. The Morgan fingerprint density at radius 1 is 1.04 bits per heavy atom. The summed E-state index contributed by atoms with van der Waals surface area (Å²) in [5.74, 6) is 1.69. The summed E-state index contributed by atoms with van der Waals surface area (Å²) in [6, 6.07) is 17.7. The van der Waals surface area contributed by atoms with Crippen LogP contribution in [0.1, 0.15) is 76.1 Å². The van der Waals surface area contributed by atoms with E-state index in [1.165, 1.54) is 6.42 Å². The molecule has 0 unspecified atom stereocenters. The fourth-order valence-electron chi connectivity index (χ4n) is 5.89. The summed E-state index contributed by atoms with van der Waals surface area (Å²) >= 11 is 0. The Kier molecular flexibility index (Phi) is 11.4. The fraction of sp³-hybridized carbons (Fsp3) is 0.405. The number of rotatable bonds is 8. The van der Waals surface area contributed by atoms with Crippen LogP contribution >= 0.6 is 0 Å². The van der Waals surface area contributed by atoms with Crippen LogP contribution in [0.2, 0.25) is 0 Å². The fourth-order valence-corrected chi connectivity index (χ4v) is 5.89. The quantitative estimate of drug-likeness (QED) is 0.137. The molecule has 0 radical (unpaired) electrons. The standard InChI is InChI=1S/C37H48N8O4/c1-37(2,3)32(38)23-34(41-25-10-9-11-26(22-25)48-21-20-46)43-36(47)42-30-15-16-31(29-13-6-5-12-28(29)30)49-27-14-17-33(39)45(24-27)35(40)44-18-7-4-8-19-44/h5-6,9-14,17,22-24,30-31,39-40,46H,4,7-8,15-16,18-21,38H2,1-3H3,(H2,41,42,43,47)/b32-23-,39-33?,40-35?/t30-,31+/m0/s1. The number of benzene rings is 2. The lowest BCUT2D eigenvalue weighted by molar-refractivity contribution is 0.171. The van der Waals surface area contributed by atoms with Crippen molar-refractivity contribution in [1.82, 2.24) is 20.1 Å². The highest BCUT2D eigenvalue weighted by atomic mass is 16.5. The van der Waals surface area contributed by atoms with Crippen LogP contribution in [0.3, 0.4) is 0 Å². The molecule has 1 aliphatic carbocycles. The van der Waals surface area contributed by atoms with E-state index in [1.54, 1.807) is 53.2 Å². The summed E-state index contributed by atoms with van der Waals surface area (Å²) in [5.41, 5.74) is 9.30. The van der Waals surface area contributed by atoms with Crippen molar-refractivity contribution in [2.75, 3.05) is 26.3 Å². The summed E-state index contributed by atoms with van der Waals surface area (Å²) in [5, 5.41) is 32.3. The summed E-state index contributed by atoms with van der Waals surface area (Å²) in [4.78, 5) is 20.2. The monoisotopic (exact) mass is 668 g/mol. The highest BCUT2D eigenvalue weighted by molar-refractivity contribution is 6.05. The molecule has 1 fully saturated rings. The van der Waals surface area contributed by atoms with Crippen LogP contribution in [-0.4, -0.2) is 58.7 Å². The maximum absolute atomic E-state index is 13.5. The number of allylic oxidation sites excluding steroid dienone is 1. The van der Waals surface area contributed by atoms with Crippen molar-refractivity contribution in [3.05, 3.63) is 95.2 Å². The average Bonchev–Trinajstić information content (AvgIpc) is 3.09. The van der Waals surface area contributed by atoms with E-state index < -0.39 is 6.03 Å². The van der Waals surface area contributed by atoms with Gasteiger partial charge in [0, 0.05) is 36.3 Å². The number of pyridine rings is 1. The second-order valence-electron chi connectivity index (χ2n) is 13.4. The minimum Gasteiger partial charge on any atom is -0.491 e. The molecule has 2 heterocycles. The first-order valence-corrected chi connectivity index (χ1v) is 16.9. The van der Waals surface area contributed by atoms with Gasteiger partial charge in [0.05, 0.1) is 24.5 Å². The molecule has 260 valence electrons. The predicted octanol–water partition coefficient (Wildman–Crippen LogP) is 5.48. The van der Waals surface area contributed by atoms with Crippen molar-refractivity contribution in [3.63, 3.8) is 0 Å².